The Bertz CT molecular complexity index is 1130. The van der Waals surface area contributed by atoms with Gasteiger partial charge in [0.15, 0.2) is 11.2 Å². The van der Waals surface area contributed by atoms with Crippen molar-refractivity contribution in [3.05, 3.63) is 55.4 Å². The Kier molecular flexibility index (Phi) is 5.07. The van der Waals surface area contributed by atoms with Crippen molar-refractivity contribution in [3.63, 3.8) is 0 Å². The van der Waals surface area contributed by atoms with Crippen molar-refractivity contribution in [1.82, 2.24) is 18.7 Å². The maximum absolute atomic E-state index is 13.7. The highest BCUT2D eigenvalue weighted by molar-refractivity contribution is 6.30. The molecule has 0 fully saturated rings. The Balaban J connectivity index is 2.14. The normalized spacial score (nSPS) is 12.5. The van der Waals surface area contributed by atoms with Crippen LogP contribution in [0.15, 0.2) is 27.8 Å². The van der Waals surface area contributed by atoms with E-state index in [1.807, 2.05) is 0 Å². The fourth-order valence-electron chi connectivity index (χ4n) is 2.80. The van der Waals surface area contributed by atoms with E-state index in [1.54, 1.807) is 20.0 Å². The van der Waals surface area contributed by atoms with Crippen LogP contribution in [0.4, 0.5) is 10.3 Å². The highest BCUT2D eigenvalue weighted by Gasteiger charge is 2.19. The summed E-state index contributed by atoms with van der Waals surface area (Å²) >= 11 is 5.68. The van der Waals surface area contributed by atoms with Crippen molar-refractivity contribution < 1.29 is 9.50 Å². The number of nitrogens with zero attached hydrogens (tertiary/aromatic N) is 4. The highest BCUT2D eigenvalue weighted by Crippen LogP contribution is 2.17. The van der Waals surface area contributed by atoms with Crippen LogP contribution in [0.3, 0.4) is 0 Å². The lowest BCUT2D eigenvalue weighted by molar-refractivity contribution is 0.208. The van der Waals surface area contributed by atoms with Gasteiger partial charge in [-0.1, -0.05) is 17.7 Å². The number of imidazole rings is 1. The molecule has 2 N–H and O–H groups in total. The topological polar surface area (TPSA) is 94.1 Å². The molecule has 0 aliphatic heterocycles. The van der Waals surface area contributed by atoms with E-state index < -0.39 is 23.2 Å². The minimum atomic E-state index is -0.620. The first-order valence-electron chi connectivity index (χ1n) is 8.22. The number of nitrogens with one attached hydrogen (secondary N) is 1. The van der Waals surface area contributed by atoms with Gasteiger partial charge in [0.2, 0.25) is 5.95 Å². The van der Waals surface area contributed by atoms with Gasteiger partial charge in [-0.05, 0) is 24.6 Å². The molecule has 3 aromatic rings. The molecule has 3 rings (SSSR count). The van der Waals surface area contributed by atoms with E-state index in [1.165, 1.54) is 28.3 Å². The van der Waals surface area contributed by atoms with Crippen LogP contribution < -0.4 is 16.6 Å². The predicted molar refractivity (Wildman–Crippen MR) is 101 cm³/mol. The lowest BCUT2D eigenvalue weighted by atomic mass is 10.2. The number of aliphatic hydroxyl groups excluding tert-OH is 1. The van der Waals surface area contributed by atoms with E-state index in [4.69, 9.17) is 11.6 Å². The Morgan fingerprint density at radius 1 is 1.30 bits per heavy atom. The molecule has 0 aliphatic carbocycles. The van der Waals surface area contributed by atoms with Crippen LogP contribution >= 0.6 is 11.6 Å². The molecule has 0 spiro atoms. The van der Waals surface area contributed by atoms with Crippen molar-refractivity contribution in [1.29, 1.82) is 0 Å². The molecular formula is C17H19ClFN5O3. The van der Waals surface area contributed by atoms with Gasteiger partial charge in [-0.15, -0.1) is 0 Å². The summed E-state index contributed by atoms with van der Waals surface area (Å²) < 4.78 is 17.5. The standard InChI is InChI=1S/C17H19ClFN5O3/c1-9(25)7-20-16-21-14-13(22(16)2)15(26)24(17(27)23(14)3)8-10-4-5-11(18)12(19)6-10/h4-6,9,25H,7-8H2,1-3H3,(H,20,21)/t9-/m0/s1. The van der Waals surface area contributed by atoms with Gasteiger partial charge in [-0.25, -0.2) is 9.18 Å². The molecular weight excluding hydrogens is 377 g/mol. The SMILES string of the molecule is C[C@H](O)CNc1nc2c(c(=O)n(Cc3ccc(Cl)c(F)c3)c(=O)n2C)n1C. The number of benzene rings is 1. The van der Waals surface area contributed by atoms with E-state index in [0.29, 0.717) is 11.5 Å². The first-order chi connectivity index (χ1) is 12.7. The summed E-state index contributed by atoms with van der Waals surface area (Å²) in [6.45, 7) is 1.75. The molecule has 0 amide bonds. The zero-order chi connectivity index (χ0) is 19.9. The summed E-state index contributed by atoms with van der Waals surface area (Å²) in [6.07, 6.45) is -0.606. The van der Waals surface area contributed by atoms with Crippen LogP contribution in [0.25, 0.3) is 11.2 Å². The first kappa shape index (κ1) is 19.1. The van der Waals surface area contributed by atoms with Gasteiger partial charge < -0.3 is 15.0 Å². The number of hydrogen-bond acceptors (Lipinski definition) is 5. The summed E-state index contributed by atoms with van der Waals surface area (Å²) in [4.78, 5) is 29.9. The van der Waals surface area contributed by atoms with Gasteiger partial charge in [0.1, 0.15) is 5.82 Å². The summed E-state index contributed by atoms with van der Waals surface area (Å²) in [5.74, 6) is -0.265. The minimum Gasteiger partial charge on any atom is -0.392 e. The van der Waals surface area contributed by atoms with Crippen molar-refractivity contribution in [2.75, 3.05) is 11.9 Å². The highest BCUT2D eigenvalue weighted by atomic mass is 35.5. The predicted octanol–water partition coefficient (Wildman–Crippen LogP) is 1.07. The molecule has 144 valence electrons. The lowest BCUT2D eigenvalue weighted by Gasteiger charge is -2.09. The molecule has 1 atom stereocenters. The Morgan fingerprint density at radius 2 is 2.00 bits per heavy atom. The number of halogens is 2. The zero-order valence-electron chi connectivity index (χ0n) is 15.0. The third-order valence-electron chi connectivity index (χ3n) is 4.24. The number of fused-ring (bicyclic) bond motifs is 1. The third-order valence-corrected chi connectivity index (χ3v) is 4.55. The van der Waals surface area contributed by atoms with Gasteiger partial charge in [0.25, 0.3) is 5.56 Å². The molecule has 0 saturated carbocycles. The molecule has 1 aromatic carbocycles. The molecule has 27 heavy (non-hydrogen) atoms. The number of aliphatic hydroxyl groups is 1. The average Bonchev–Trinajstić information content (AvgIpc) is 2.95. The van der Waals surface area contributed by atoms with Crippen LogP contribution in [0.2, 0.25) is 5.02 Å². The third kappa shape index (κ3) is 3.47. The molecule has 8 nitrogen and oxygen atoms in total. The quantitative estimate of drug-likeness (QED) is 0.674. The molecule has 0 unspecified atom stereocenters. The number of anilines is 1. The van der Waals surface area contributed by atoms with E-state index in [9.17, 15) is 19.1 Å². The second-order valence-electron chi connectivity index (χ2n) is 6.38. The van der Waals surface area contributed by atoms with Crippen molar-refractivity contribution in [2.24, 2.45) is 14.1 Å². The van der Waals surface area contributed by atoms with Crippen LogP contribution in [-0.4, -0.2) is 36.4 Å². The molecule has 2 aromatic heterocycles. The molecule has 10 heteroatoms. The lowest BCUT2D eigenvalue weighted by Crippen LogP contribution is -2.39. The van der Waals surface area contributed by atoms with Crippen LogP contribution in [-0.2, 0) is 20.6 Å². The van der Waals surface area contributed by atoms with Crippen molar-refractivity contribution >= 4 is 28.7 Å². The van der Waals surface area contributed by atoms with Crippen LogP contribution in [0.5, 0.6) is 0 Å². The maximum Gasteiger partial charge on any atom is 0.332 e. The second-order valence-corrected chi connectivity index (χ2v) is 6.79. The molecule has 0 radical (unpaired) electrons. The van der Waals surface area contributed by atoms with E-state index >= 15 is 0 Å². The second kappa shape index (κ2) is 7.16. The zero-order valence-corrected chi connectivity index (χ0v) is 15.8. The molecule has 2 heterocycles. The Morgan fingerprint density at radius 3 is 2.63 bits per heavy atom. The Hall–Kier alpha value is -2.65. The average molecular weight is 396 g/mol. The summed E-state index contributed by atoms with van der Waals surface area (Å²) in [5.41, 5.74) is -0.226. The fraction of sp³-hybridized carbons (Fsp3) is 0.353. The van der Waals surface area contributed by atoms with Crippen LogP contribution in [0.1, 0.15) is 12.5 Å². The minimum absolute atomic E-state index is 0.0325. The summed E-state index contributed by atoms with van der Waals surface area (Å²) in [5, 5.41) is 12.3. The van der Waals surface area contributed by atoms with E-state index in [0.717, 1.165) is 4.57 Å². The van der Waals surface area contributed by atoms with Gasteiger partial charge in [0, 0.05) is 20.6 Å². The van der Waals surface area contributed by atoms with Gasteiger partial charge in [-0.3, -0.25) is 13.9 Å². The first-order valence-corrected chi connectivity index (χ1v) is 8.60. The number of rotatable bonds is 5. The smallest absolute Gasteiger partial charge is 0.332 e. The number of aryl methyl sites for hydroxylation is 2. The largest absolute Gasteiger partial charge is 0.392 e. The monoisotopic (exact) mass is 395 g/mol. The van der Waals surface area contributed by atoms with Crippen molar-refractivity contribution in [2.45, 2.75) is 19.6 Å². The van der Waals surface area contributed by atoms with E-state index in [2.05, 4.69) is 10.3 Å². The van der Waals surface area contributed by atoms with Crippen molar-refractivity contribution in [3.8, 4) is 0 Å². The number of aromatic nitrogens is 4. The Labute approximate surface area is 158 Å². The van der Waals surface area contributed by atoms with Crippen LogP contribution in [0, 0.1) is 5.82 Å². The summed E-state index contributed by atoms with van der Waals surface area (Å²) in [6, 6.07) is 4.13. The molecule has 0 saturated heterocycles. The fourth-order valence-corrected chi connectivity index (χ4v) is 2.92. The van der Waals surface area contributed by atoms with Gasteiger partial charge >= 0.3 is 5.69 Å². The summed E-state index contributed by atoms with van der Waals surface area (Å²) in [7, 11) is 3.15. The molecule has 0 bridgehead atoms. The number of hydrogen-bond donors (Lipinski definition) is 2. The molecule has 0 aliphatic rings. The van der Waals surface area contributed by atoms with Gasteiger partial charge in [0.05, 0.1) is 17.7 Å². The van der Waals surface area contributed by atoms with E-state index in [-0.39, 0.29) is 29.3 Å². The van der Waals surface area contributed by atoms with Gasteiger partial charge in [-0.2, -0.15) is 4.98 Å². The maximum atomic E-state index is 13.7.